The Bertz CT molecular complexity index is 1070. The lowest BCUT2D eigenvalue weighted by atomic mass is 10.0. The smallest absolute Gasteiger partial charge is 0.253 e. The van der Waals surface area contributed by atoms with Crippen molar-refractivity contribution < 1.29 is 14.0 Å². The molecule has 0 atom stereocenters. The van der Waals surface area contributed by atoms with Gasteiger partial charge in [-0.25, -0.2) is 4.98 Å². The van der Waals surface area contributed by atoms with E-state index < -0.39 is 0 Å². The van der Waals surface area contributed by atoms with Gasteiger partial charge in [0.05, 0.1) is 6.26 Å². The van der Waals surface area contributed by atoms with Crippen LogP contribution in [-0.2, 0) is 22.6 Å². The molecule has 0 bridgehead atoms. The van der Waals surface area contributed by atoms with Gasteiger partial charge >= 0.3 is 0 Å². The van der Waals surface area contributed by atoms with E-state index >= 15 is 0 Å². The Hall–Kier alpha value is -3.41. The molecule has 4 rings (SSSR count). The monoisotopic (exact) mass is 361 g/mol. The first-order chi connectivity index (χ1) is 13.0. The fourth-order valence-corrected chi connectivity index (χ4v) is 3.26. The van der Waals surface area contributed by atoms with Gasteiger partial charge in [-0.2, -0.15) is 0 Å². The molecular weight excluding hydrogens is 342 g/mol. The number of aromatic nitrogens is 1. The molecule has 0 radical (unpaired) electrons. The molecule has 0 saturated carbocycles. The highest BCUT2D eigenvalue weighted by atomic mass is 16.3. The number of para-hydroxylation sites is 1. The molecule has 2 amide bonds. The summed E-state index contributed by atoms with van der Waals surface area (Å²) in [5, 5.41) is 3.73. The van der Waals surface area contributed by atoms with Crippen molar-refractivity contribution in [2.75, 3.05) is 12.4 Å². The second-order valence-electron chi connectivity index (χ2n) is 6.68. The average molecular weight is 361 g/mol. The van der Waals surface area contributed by atoms with Crippen LogP contribution in [0.3, 0.4) is 0 Å². The first-order valence-corrected chi connectivity index (χ1v) is 8.71. The second-order valence-corrected chi connectivity index (χ2v) is 6.68. The Labute approximate surface area is 156 Å². The number of hydrogen-bond acceptors (Lipinski definition) is 4. The number of hydrogen-bond donors (Lipinski definition) is 1. The maximum absolute atomic E-state index is 12.8. The lowest BCUT2D eigenvalue weighted by Gasteiger charge is -2.20. The van der Waals surface area contributed by atoms with Crippen molar-refractivity contribution in [2.45, 2.75) is 19.4 Å². The van der Waals surface area contributed by atoms with E-state index in [4.69, 9.17) is 4.42 Å². The highest BCUT2D eigenvalue weighted by Crippen LogP contribution is 2.26. The molecule has 1 N–H and O–H groups in total. The van der Waals surface area contributed by atoms with E-state index in [0.717, 1.165) is 22.1 Å². The number of nitrogens with zero attached hydrogens (tertiary/aromatic N) is 2. The lowest BCUT2D eigenvalue weighted by molar-refractivity contribution is -0.124. The van der Waals surface area contributed by atoms with Gasteiger partial charge in [0.25, 0.3) is 5.91 Å². The summed E-state index contributed by atoms with van der Waals surface area (Å²) in [4.78, 5) is 30.2. The van der Waals surface area contributed by atoms with Gasteiger partial charge in [-0.3, -0.25) is 9.59 Å². The van der Waals surface area contributed by atoms with Crippen molar-refractivity contribution >= 4 is 34.2 Å². The number of carbonyl (C=O) groups is 2. The van der Waals surface area contributed by atoms with E-state index in [2.05, 4.69) is 16.9 Å². The molecule has 27 heavy (non-hydrogen) atoms. The summed E-state index contributed by atoms with van der Waals surface area (Å²) < 4.78 is 5.54. The van der Waals surface area contributed by atoms with Gasteiger partial charge in [-0.05, 0) is 24.1 Å². The largest absolute Gasteiger partial charge is 0.464 e. The molecule has 3 heterocycles. The number of rotatable bonds is 4. The highest BCUT2D eigenvalue weighted by molar-refractivity contribution is 6.18. The predicted octanol–water partition coefficient (Wildman–Crippen LogP) is 3.38. The number of fused-ring (bicyclic) bond motifs is 2. The van der Waals surface area contributed by atoms with Crippen LogP contribution in [0.15, 0.2) is 53.8 Å². The third-order valence-corrected chi connectivity index (χ3v) is 4.77. The summed E-state index contributed by atoms with van der Waals surface area (Å²) in [6, 6.07) is 9.61. The van der Waals surface area contributed by atoms with Crippen molar-refractivity contribution in [2.24, 2.45) is 0 Å². The predicted molar refractivity (Wildman–Crippen MR) is 103 cm³/mol. The third kappa shape index (κ3) is 3.21. The molecule has 3 aromatic rings. The third-order valence-electron chi connectivity index (χ3n) is 4.77. The van der Waals surface area contributed by atoms with Crippen LogP contribution in [0.1, 0.15) is 23.1 Å². The summed E-state index contributed by atoms with van der Waals surface area (Å²) >= 11 is 0. The molecule has 0 fully saturated rings. The molecule has 2 aromatic heterocycles. The van der Waals surface area contributed by atoms with E-state index in [1.165, 1.54) is 0 Å². The zero-order valence-electron chi connectivity index (χ0n) is 15.0. The van der Waals surface area contributed by atoms with Gasteiger partial charge < -0.3 is 14.6 Å². The van der Waals surface area contributed by atoms with Crippen molar-refractivity contribution in [1.29, 1.82) is 0 Å². The van der Waals surface area contributed by atoms with Crippen LogP contribution in [0.25, 0.3) is 16.5 Å². The van der Waals surface area contributed by atoms with Crippen LogP contribution in [0.2, 0.25) is 0 Å². The fourth-order valence-electron chi connectivity index (χ4n) is 3.26. The van der Waals surface area contributed by atoms with Crippen LogP contribution < -0.4 is 5.32 Å². The number of pyridine rings is 1. The summed E-state index contributed by atoms with van der Waals surface area (Å²) in [5.41, 5.74) is 3.70. The maximum atomic E-state index is 12.8. The Morgan fingerprint density at radius 2 is 2.15 bits per heavy atom. The zero-order chi connectivity index (χ0) is 19.0. The van der Waals surface area contributed by atoms with E-state index in [-0.39, 0.29) is 11.8 Å². The number of carbonyl (C=O) groups excluding carboxylic acids is 2. The van der Waals surface area contributed by atoms with Crippen molar-refractivity contribution in [3.8, 4) is 0 Å². The molecule has 6 heteroatoms. The number of furan rings is 1. The minimum Gasteiger partial charge on any atom is -0.464 e. The number of anilines is 1. The molecule has 0 spiro atoms. The van der Waals surface area contributed by atoms with Crippen molar-refractivity contribution in [3.05, 3.63) is 66.1 Å². The van der Waals surface area contributed by atoms with Gasteiger partial charge in [0, 0.05) is 48.3 Å². The topological polar surface area (TPSA) is 75.4 Å². The summed E-state index contributed by atoms with van der Waals surface area (Å²) in [7, 11) is 1.74. The molecule has 0 aliphatic carbocycles. The molecular formula is C21H19N3O3. The standard InChI is InChI=1S/C21H19N3O3/c1-13(15-9-14-7-8-19(25)23-20(14)22-10-15)21(26)24(2)11-16-12-27-18-6-4-3-5-17(16)18/h3-6,9-10,12H,1,7-8,11H2,2H3,(H,22,23,25). The van der Waals surface area contributed by atoms with Gasteiger partial charge in [-0.15, -0.1) is 0 Å². The normalized spacial score (nSPS) is 13.1. The molecule has 1 aliphatic rings. The van der Waals surface area contributed by atoms with Crippen LogP contribution in [0.4, 0.5) is 5.82 Å². The van der Waals surface area contributed by atoms with Crippen LogP contribution in [0, 0.1) is 0 Å². The summed E-state index contributed by atoms with van der Waals surface area (Å²) in [6.45, 7) is 4.38. The SMILES string of the molecule is C=C(C(=O)N(C)Cc1coc2ccccc12)c1cnc2c(c1)CCC(=O)N2. The molecule has 0 saturated heterocycles. The number of nitrogens with one attached hydrogen (secondary N) is 1. The number of likely N-dealkylation sites (N-methyl/N-ethyl adjacent to an activating group) is 1. The quantitative estimate of drug-likeness (QED) is 0.723. The molecule has 1 aromatic carbocycles. The van der Waals surface area contributed by atoms with E-state index in [1.54, 1.807) is 24.4 Å². The number of benzene rings is 1. The van der Waals surface area contributed by atoms with Crippen LogP contribution in [0.5, 0.6) is 0 Å². The highest BCUT2D eigenvalue weighted by Gasteiger charge is 2.20. The van der Waals surface area contributed by atoms with Gasteiger partial charge in [0.15, 0.2) is 0 Å². The Morgan fingerprint density at radius 1 is 1.33 bits per heavy atom. The number of aryl methyl sites for hydroxylation is 1. The van der Waals surface area contributed by atoms with Gasteiger partial charge in [0.1, 0.15) is 11.4 Å². The van der Waals surface area contributed by atoms with E-state index in [9.17, 15) is 9.59 Å². The molecule has 1 aliphatic heterocycles. The zero-order valence-corrected chi connectivity index (χ0v) is 15.0. The van der Waals surface area contributed by atoms with Crippen molar-refractivity contribution in [1.82, 2.24) is 9.88 Å². The fraction of sp³-hybridized carbons (Fsp3) is 0.190. The first kappa shape index (κ1) is 17.0. The van der Waals surface area contributed by atoms with E-state index in [0.29, 0.717) is 36.3 Å². The minimum absolute atomic E-state index is 0.0373. The number of amides is 2. The van der Waals surface area contributed by atoms with Crippen LogP contribution >= 0.6 is 0 Å². The second kappa shape index (κ2) is 6.72. The summed E-state index contributed by atoms with van der Waals surface area (Å²) in [6.07, 6.45) is 4.29. The molecule has 0 unspecified atom stereocenters. The maximum Gasteiger partial charge on any atom is 0.253 e. The molecule has 6 nitrogen and oxygen atoms in total. The van der Waals surface area contributed by atoms with Gasteiger partial charge in [-0.1, -0.05) is 24.8 Å². The van der Waals surface area contributed by atoms with E-state index in [1.807, 2.05) is 30.3 Å². The Kier molecular flexibility index (Phi) is 4.24. The Morgan fingerprint density at radius 3 is 3.00 bits per heavy atom. The Balaban J connectivity index is 1.52. The van der Waals surface area contributed by atoms with Crippen LogP contribution in [-0.4, -0.2) is 28.7 Å². The first-order valence-electron chi connectivity index (χ1n) is 8.71. The van der Waals surface area contributed by atoms with Crippen molar-refractivity contribution in [3.63, 3.8) is 0 Å². The van der Waals surface area contributed by atoms with Gasteiger partial charge in [0.2, 0.25) is 5.91 Å². The molecule has 136 valence electrons. The average Bonchev–Trinajstić information content (AvgIpc) is 3.09. The lowest BCUT2D eigenvalue weighted by Crippen LogP contribution is -2.27. The summed E-state index contributed by atoms with van der Waals surface area (Å²) in [5.74, 6) is 0.347. The minimum atomic E-state index is -0.179.